The van der Waals surface area contributed by atoms with Gasteiger partial charge in [-0.05, 0) is 30.5 Å². The molecule has 0 spiro atoms. The quantitative estimate of drug-likeness (QED) is 0.870. The van der Waals surface area contributed by atoms with Gasteiger partial charge in [-0.2, -0.15) is 0 Å². The minimum atomic E-state index is -0.930. The molecule has 1 heterocycles. The van der Waals surface area contributed by atoms with E-state index in [0.717, 1.165) is 12.0 Å². The standard InChI is InChI=1S/C13H18O4/c1-15-11-6-10(7-12(8-11)16-2)13(14)4-3-5-17-9-13/h6-8,14H,3-5,9H2,1-2H3. The molecule has 0 aromatic heterocycles. The second-order valence-electron chi connectivity index (χ2n) is 4.29. The molecule has 2 rings (SSSR count). The lowest BCUT2D eigenvalue weighted by atomic mass is 9.88. The Balaban J connectivity index is 2.35. The van der Waals surface area contributed by atoms with Crippen LogP contribution in [0.1, 0.15) is 18.4 Å². The predicted molar refractivity (Wildman–Crippen MR) is 63.5 cm³/mol. The molecule has 1 saturated heterocycles. The van der Waals surface area contributed by atoms with Crippen LogP contribution in [0.5, 0.6) is 11.5 Å². The van der Waals surface area contributed by atoms with Gasteiger partial charge >= 0.3 is 0 Å². The Hall–Kier alpha value is -1.26. The van der Waals surface area contributed by atoms with Gasteiger partial charge in [-0.15, -0.1) is 0 Å². The maximum atomic E-state index is 10.5. The van der Waals surface area contributed by atoms with E-state index < -0.39 is 5.60 Å². The molecule has 0 radical (unpaired) electrons. The summed E-state index contributed by atoms with van der Waals surface area (Å²) in [6, 6.07) is 5.45. The van der Waals surface area contributed by atoms with Gasteiger partial charge in [-0.1, -0.05) is 0 Å². The minimum Gasteiger partial charge on any atom is -0.497 e. The third kappa shape index (κ3) is 2.53. The first-order valence-electron chi connectivity index (χ1n) is 5.71. The van der Waals surface area contributed by atoms with E-state index in [1.165, 1.54) is 0 Å². The van der Waals surface area contributed by atoms with E-state index in [2.05, 4.69) is 0 Å². The van der Waals surface area contributed by atoms with Gasteiger partial charge in [0.1, 0.15) is 17.1 Å². The third-order valence-corrected chi connectivity index (χ3v) is 3.11. The van der Waals surface area contributed by atoms with Gasteiger partial charge in [-0.3, -0.25) is 0 Å². The Bertz CT molecular complexity index is 361. The summed E-state index contributed by atoms with van der Waals surface area (Å²) in [7, 11) is 3.19. The van der Waals surface area contributed by atoms with Crippen LogP contribution in [0.25, 0.3) is 0 Å². The van der Waals surface area contributed by atoms with Crippen LogP contribution in [-0.4, -0.2) is 32.5 Å². The van der Waals surface area contributed by atoms with Crippen molar-refractivity contribution in [1.82, 2.24) is 0 Å². The van der Waals surface area contributed by atoms with Crippen LogP contribution < -0.4 is 9.47 Å². The number of ether oxygens (including phenoxy) is 3. The molecule has 0 amide bonds. The van der Waals surface area contributed by atoms with Crippen molar-refractivity contribution in [2.75, 3.05) is 27.4 Å². The Morgan fingerprint density at radius 2 is 1.82 bits per heavy atom. The van der Waals surface area contributed by atoms with Crippen molar-refractivity contribution < 1.29 is 19.3 Å². The van der Waals surface area contributed by atoms with Gasteiger partial charge in [0, 0.05) is 12.7 Å². The molecule has 1 aliphatic rings. The number of aliphatic hydroxyl groups is 1. The van der Waals surface area contributed by atoms with Crippen molar-refractivity contribution in [3.63, 3.8) is 0 Å². The van der Waals surface area contributed by atoms with E-state index in [9.17, 15) is 5.11 Å². The molecular weight excluding hydrogens is 220 g/mol. The summed E-state index contributed by atoms with van der Waals surface area (Å²) < 4.78 is 15.8. The summed E-state index contributed by atoms with van der Waals surface area (Å²) in [4.78, 5) is 0. The Morgan fingerprint density at radius 1 is 1.18 bits per heavy atom. The van der Waals surface area contributed by atoms with Crippen LogP contribution in [0.3, 0.4) is 0 Å². The topological polar surface area (TPSA) is 47.9 Å². The number of hydrogen-bond donors (Lipinski definition) is 1. The highest BCUT2D eigenvalue weighted by Gasteiger charge is 2.32. The zero-order valence-corrected chi connectivity index (χ0v) is 10.2. The first-order chi connectivity index (χ1) is 8.18. The average Bonchev–Trinajstić information content (AvgIpc) is 2.39. The lowest BCUT2D eigenvalue weighted by Crippen LogP contribution is -2.35. The Kier molecular flexibility index (Phi) is 3.54. The minimum absolute atomic E-state index is 0.323. The molecule has 0 bridgehead atoms. The molecule has 1 aromatic rings. The molecule has 0 aliphatic carbocycles. The molecule has 1 unspecified atom stereocenters. The number of methoxy groups -OCH3 is 2. The molecule has 1 atom stereocenters. The van der Waals surface area contributed by atoms with E-state index >= 15 is 0 Å². The van der Waals surface area contributed by atoms with Crippen LogP contribution >= 0.6 is 0 Å². The smallest absolute Gasteiger partial charge is 0.122 e. The summed E-state index contributed by atoms with van der Waals surface area (Å²) in [6.07, 6.45) is 1.55. The van der Waals surface area contributed by atoms with E-state index in [1.807, 2.05) is 12.1 Å². The van der Waals surface area contributed by atoms with Crippen molar-refractivity contribution in [3.05, 3.63) is 23.8 Å². The number of benzene rings is 1. The van der Waals surface area contributed by atoms with E-state index in [4.69, 9.17) is 14.2 Å². The monoisotopic (exact) mass is 238 g/mol. The van der Waals surface area contributed by atoms with Crippen molar-refractivity contribution in [1.29, 1.82) is 0 Å². The third-order valence-electron chi connectivity index (χ3n) is 3.11. The lowest BCUT2D eigenvalue weighted by molar-refractivity contribution is -0.0904. The van der Waals surface area contributed by atoms with Gasteiger partial charge in [0.15, 0.2) is 0 Å². The highest BCUT2D eigenvalue weighted by atomic mass is 16.5. The second-order valence-corrected chi connectivity index (χ2v) is 4.29. The molecule has 1 N–H and O–H groups in total. The maximum Gasteiger partial charge on any atom is 0.122 e. The average molecular weight is 238 g/mol. The van der Waals surface area contributed by atoms with Gasteiger partial charge in [0.05, 0.1) is 20.8 Å². The zero-order chi connectivity index (χ0) is 12.3. The zero-order valence-electron chi connectivity index (χ0n) is 10.2. The lowest BCUT2D eigenvalue weighted by Gasteiger charge is -2.32. The van der Waals surface area contributed by atoms with E-state index in [0.29, 0.717) is 31.1 Å². The van der Waals surface area contributed by atoms with Crippen molar-refractivity contribution >= 4 is 0 Å². The first kappa shape index (κ1) is 12.2. The maximum absolute atomic E-state index is 10.5. The molecule has 17 heavy (non-hydrogen) atoms. The van der Waals surface area contributed by atoms with E-state index in [1.54, 1.807) is 20.3 Å². The predicted octanol–water partition coefficient (Wildman–Crippen LogP) is 1.70. The summed E-state index contributed by atoms with van der Waals surface area (Å²) in [6.45, 7) is 1.03. The Morgan fingerprint density at radius 3 is 2.29 bits per heavy atom. The fourth-order valence-corrected chi connectivity index (χ4v) is 2.08. The summed E-state index contributed by atoms with van der Waals surface area (Å²) in [5, 5.41) is 10.5. The molecule has 94 valence electrons. The summed E-state index contributed by atoms with van der Waals surface area (Å²) in [5.74, 6) is 1.36. The highest BCUT2D eigenvalue weighted by molar-refractivity contribution is 5.41. The van der Waals surface area contributed by atoms with Crippen molar-refractivity contribution in [2.45, 2.75) is 18.4 Å². The van der Waals surface area contributed by atoms with Gasteiger partial charge in [-0.25, -0.2) is 0 Å². The second kappa shape index (κ2) is 4.94. The largest absolute Gasteiger partial charge is 0.497 e. The molecule has 1 aliphatic heterocycles. The number of hydrogen-bond acceptors (Lipinski definition) is 4. The van der Waals surface area contributed by atoms with Crippen molar-refractivity contribution in [2.24, 2.45) is 0 Å². The molecule has 0 saturated carbocycles. The SMILES string of the molecule is COc1cc(OC)cc(C2(O)CCCOC2)c1. The van der Waals surface area contributed by atoms with Gasteiger partial charge < -0.3 is 19.3 Å². The summed E-state index contributed by atoms with van der Waals surface area (Å²) >= 11 is 0. The van der Waals surface area contributed by atoms with E-state index in [-0.39, 0.29) is 0 Å². The normalized spacial score (nSPS) is 24.4. The fraction of sp³-hybridized carbons (Fsp3) is 0.538. The molecular formula is C13H18O4. The van der Waals surface area contributed by atoms with Crippen molar-refractivity contribution in [3.8, 4) is 11.5 Å². The van der Waals surface area contributed by atoms with Gasteiger partial charge in [0.25, 0.3) is 0 Å². The van der Waals surface area contributed by atoms with Crippen LogP contribution in [0, 0.1) is 0 Å². The molecule has 1 fully saturated rings. The number of rotatable bonds is 3. The Labute approximate surface area is 101 Å². The van der Waals surface area contributed by atoms with Crippen LogP contribution in [0.2, 0.25) is 0 Å². The van der Waals surface area contributed by atoms with Crippen LogP contribution in [0.15, 0.2) is 18.2 Å². The highest BCUT2D eigenvalue weighted by Crippen LogP contribution is 2.34. The summed E-state index contributed by atoms with van der Waals surface area (Å²) in [5.41, 5.74) is -0.145. The molecule has 1 aromatic carbocycles. The van der Waals surface area contributed by atoms with Gasteiger partial charge in [0.2, 0.25) is 0 Å². The fourth-order valence-electron chi connectivity index (χ4n) is 2.08. The van der Waals surface area contributed by atoms with Crippen LogP contribution in [0.4, 0.5) is 0 Å². The first-order valence-corrected chi connectivity index (χ1v) is 5.71. The van der Waals surface area contributed by atoms with Crippen LogP contribution in [-0.2, 0) is 10.3 Å². The molecule has 4 heteroatoms. The molecule has 4 nitrogen and oxygen atoms in total.